The minimum Gasteiger partial charge on any atom is -0.497 e. The van der Waals surface area contributed by atoms with Gasteiger partial charge in [0.1, 0.15) is 11.5 Å². The molecule has 2 nitrogen and oxygen atoms in total. The van der Waals surface area contributed by atoms with Crippen molar-refractivity contribution in [2.24, 2.45) is 0 Å². The fourth-order valence-electron chi connectivity index (χ4n) is 3.80. The Hall–Kier alpha value is -4.04. The smallest absolute Gasteiger partial charge is 0.118 e. The lowest BCUT2D eigenvalue weighted by Gasteiger charge is -2.11. The zero-order valence-corrected chi connectivity index (χ0v) is 19.1. The van der Waals surface area contributed by atoms with Gasteiger partial charge in [0.15, 0.2) is 0 Å². The van der Waals surface area contributed by atoms with Gasteiger partial charge in [0.05, 0.1) is 14.2 Å². The highest BCUT2D eigenvalue weighted by Gasteiger charge is 2.07. The standard InChI is InChI=1S/C31H28O2/c1-32-29-18-13-24(14-19-29)23-28(25-15-20-30(33-2)21-16-25)17-22-31(26-9-5-3-6-10-26)27-11-7-4-8-12-27/h3-22H,23H2,1-2H3/b28-17+. The van der Waals surface area contributed by atoms with E-state index in [9.17, 15) is 0 Å². The molecule has 4 aromatic rings. The molecule has 0 saturated heterocycles. The summed E-state index contributed by atoms with van der Waals surface area (Å²) in [5, 5.41) is 0. The van der Waals surface area contributed by atoms with Crippen LogP contribution in [0.3, 0.4) is 0 Å². The van der Waals surface area contributed by atoms with E-state index in [2.05, 4.69) is 97.1 Å². The maximum atomic E-state index is 5.36. The predicted molar refractivity (Wildman–Crippen MR) is 138 cm³/mol. The number of hydrogen-bond donors (Lipinski definition) is 0. The van der Waals surface area contributed by atoms with E-state index in [4.69, 9.17) is 9.47 Å². The molecule has 0 aromatic heterocycles. The molecule has 2 heteroatoms. The van der Waals surface area contributed by atoms with Crippen LogP contribution < -0.4 is 9.47 Å². The molecule has 0 fully saturated rings. The van der Waals surface area contributed by atoms with Crippen molar-refractivity contribution in [1.82, 2.24) is 0 Å². The largest absolute Gasteiger partial charge is 0.497 e. The molecular weight excluding hydrogens is 404 g/mol. The van der Waals surface area contributed by atoms with Crippen LogP contribution in [-0.4, -0.2) is 14.2 Å². The minimum absolute atomic E-state index is 0.809. The summed E-state index contributed by atoms with van der Waals surface area (Å²) in [6.45, 7) is 0. The number of allylic oxidation sites excluding steroid dienone is 3. The molecule has 0 aliphatic carbocycles. The van der Waals surface area contributed by atoms with Gasteiger partial charge in [0.2, 0.25) is 0 Å². The second-order valence-corrected chi connectivity index (χ2v) is 7.76. The lowest BCUT2D eigenvalue weighted by molar-refractivity contribution is 0.414. The van der Waals surface area contributed by atoms with Gasteiger partial charge in [-0.3, -0.25) is 0 Å². The maximum Gasteiger partial charge on any atom is 0.118 e. The predicted octanol–water partition coefficient (Wildman–Crippen LogP) is 7.46. The molecule has 33 heavy (non-hydrogen) atoms. The number of methoxy groups -OCH3 is 2. The second kappa shape index (κ2) is 11.0. The van der Waals surface area contributed by atoms with Gasteiger partial charge in [0, 0.05) is 0 Å². The van der Waals surface area contributed by atoms with Crippen molar-refractivity contribution in [1.29, 1.82) is 0 Å². The lowest BCUT2D eigenvalue weighted by Crippen LogP contribution is -1.93. The number of benzene rings is 4. The number of ether oxygens (including phenoxy) is 2. The molecule has 0 heterocycles. The monoisotopic (exact) mass is 432 g/mol. The fraction of sp³-hybridized carbons (Fsp3) is 0.0968. The third-order valence-electron chi connectivity index (χ3n) is 5.64. The number of hydrogen-bond acceptors (Lipinski definition) is 2. The Morgan fingerprint density at radius 3 is 1.52 bits per heavy atom. The summed E-state index contributed by atoms with van der Waals surface area (Å²) in [6.07, 6.45) is 5.28. The Labute approximate surface area is 196 Å². The normalized spacial score (nSPS) is 11.0. The topological polar surface area (TPSA) is 18.5 Å². The van der Waals surface area contributed by atoms with Crippen LogP contribution in [0, 0.1) is 0 Å². The zero-order chi connectivity index (χ0) is 22.9. The molecule has 0 N–H and O–H groups in total. The molecule has 0 amide bonds. The zero-order valence-electron chi connectivity index (χ0n) is 19.1. The van der Waals surface area contributed by atoms with Crippen LogP contribution in [0.1, 0.15) is 22.3 Å². The van der Waals surface area contributed by atoms with Gasteiger partial charge in [-0.25, -0.2) is 0 Å². The summed E-state index contributed by atoms with van der Waals surface area (Å²) in [4.78, 5) is 0. The van der Waals surface area contributed by atoms with Gasteiger partial charge in [0.25, 0.3) is 0 Å². The van der Waals surface area contributed by atoms with Gasteiger partial charge in [-0.1, -0.05) is 97.1 Å². The van der Waals surface area contributed by atoms with Crippen molar-refractivity contribution < 1.29 is 9.47 Å². The van der Waals surface area contributed by atoms with E-state index < -0.39 is 0 Å². The summed E-state index contributed by atoms with van der Waals surface area (Å²) in [7, 11) is 3.38. The Kier molecular flexibility index (Phi) is 7.40. The van der Waals surface area contributed by atoms with E-state index in [1.807, 2.05) is 24.3 Å². The van der Waals surface area contributed by atoms with E-state index in [0.29, 0.717) is 0 Å². The summed E-state index contributed by atoms with van der Waals surface area (Å²) >= 11 is 0. The SMILES string of the molecule is COc1ccc(C/C(=C\C=C(c2ccccc2)c2ccccc2)c2ccc(OC)cc2)cc1. The Morgan fingerprint density at radius 2 is 1.03 bits per heavy atom. The highest BCUT2D eigenvalue weighted by molar-refractivity contribution is 5.83. The van der Waals surface area contributed by atoms with Crippen LogP contribution in [0.2, 0.25) is 0 Å². The molecule has 0 atom stereocenters. The van der Waals surface area contributed by atoms with Gasteiger partial charge >= 0.3 is 0 Å². The van der Waals surface area contributed by atoms with Crippen molar-refractivity contribution >= 4 is 11.1 Å². The Balaban J connectivity index is 1.77. The van der Waals surface area contributed by atoms with Gasteiger partial charge in [-0.2, -0.15) is 0 Å². The average molecular weight is 433 g/mol. The van der Waals surface area contributed by atoms with E-state index in [-0.39, 0.29) is 0 Å². The molecule has 4 aromatic carbocycles. The molecule has 0 radical (unpaired) electrons. The third-order valence-corrected chi connectivity index (χ3v) is 5.64. The summed E-state index contributed by atoms with van der Waals surface area (Å²) in [6, 6.07) is 37.6. The van der Waals surface area contributed by atoms with Crippen LogP contribution in [0.25, 0.3) is 11.1 Å². The molecular formula is C31H28O2. The molecule has 4 rings (SSSR count). The Morgan fingerprint density at radius 1 is 0.545 bits per heavy atom. The highest BCUT2D eigenvalue weighted by atomic mass is 16.5. The van der Waals surface area contributed by atoms with Crippen LogP contribution in [0.4, 0.5) is 0 Å². The third kappa shape index (κ3) is 5.81. The van der Waals surface area contributed by atoms with Crippen molar-refractivity contribution in [3.8, 4) is 11.5 Å². The van der Waals surface area contributed by atoms with Crippen LogP contribution >= 0.6 is 0 Å². The molecule has 0 spiro atoms. The van der Waals surface area contributed by atoms with Crippen LogP contribution in [0.15, 0.2) is 121 Å². The van der Waals surface area contributed by atoms with Crippen molar-refractivity contribution in [3.63, 3.8) is 0 Å². The van der Waals surface area contributed by atoms with Gasteiger partial charge in [-0.05, 0) is 64.1 Å². The van der Waals surface area contributed by atoms with Crippen molar-refractivity contribution in [3.05, 3.63) is 144 Å². The van der Waals surface area contributed by atoms with E-state index in [1.54, 1.807) is 14.2 Å². The molecule has 0 saturated carbocycles. The Bertz CT molecular complexity index is 1160. The summed E-state index contributed by atoms with van der Waals surface area (Å²) in [5.41, 5.74) is 7.21. The summed E-state index contributed by atoms with van der Waals surface area (Å²) in [5.74, 6) is 1.72. The van der Waals surface area contributed by atoms with Gasteiger partial charge in [-0.15, -0.1) is 0 Å². The van der Waals surface area contributed by atoms with Crippen molar-refractivity contribution in [2.75, 3.05) is 14.2 Å². The lowest BCUT2D eigenvalue weighted by atomic mass is 9.94. The number of rotatable bonds is 8. The van der Waals surface area contributed by atoms with E-state index in [0.717, 1.165) is 17.9 Å². The first-order valence-corrected chi connectivity index (χ1v) is 11.1. The maximum absolute atomic E-state index is 5.36. The first-order valence-electron chi connectivity index (χ1n) is 11.1. The fourth-order valence-corrected chi connectivity index (χ4v) is 3.80. The quantitative estimate of drug-likeness (QED) is 0.269. The van der Waals surface area contributed by atoms with Gasteiger partial charge < -0.3 is 9.47 Å². The first kappa shape index (κ1) is 22.2. The van der Waals surface area contributed by atoms with E-state index >= 15 is 0 Å². The van der Waals surface area contributed by atoms with Crippen LogP contribution in [-0.2, 0) is 6.42 Å². The minimum atomic E-state index is 0.809. The molecule has 0 aliphatic rings. The first-order chi connectivity index (χ1) is 16.3. The van der Waals surface area contributed by atoms with E-state index in [1.165, 1.54) is 33.4 Å². The van der Waals surface area contributed by atoms with Crippen LogP contribution in [0.5, 0.6) is 11.5 Å². The molecule has 0 bridgehead atoms. The highest BCUT2D eigenvalue weighted by Crippen LogP contribution is 2.27. The molecule has 164 valence electrons. The van der Waals surface area contributed by atoms with Crippen molar-refractivity contribution in [2.45, 2.75) is 6.42 Å². The average Bonchev–Trinajstić information content (AvgIpc) is 2.90. The second-order valence-electron chi connectivity index (χ2n) is 7.76. The molecule has 0 unspecified atom stereocenters. The summed E-state index contributed by atoms with van der Waals surface area (Å²) < 4.78 is 10.7. The molecule has 0 aliphatic heterocycles.